The Morgan fingerprint density at radius 3 is 2.77 bits per heavy atom. The molecule has 1 unspecified atom stereocenters. The number of aromatic nitrogens is 1. The molecule has 1 aromatic rings. The molecule has 2 aliphatic heterocycles. The molecule has 0 bridgehead atoms. The van der Waals surface area contributed by atoms with Crippen LogP contribution in [0.1, 0.15) is 18.5 Å². The van der Waals surface area contributed by atoms with E-state index in [9.17, 15) is 19.7 Å². The largest absolute Gasteiger partial charge is 0.354 e. The minimum atomic E-state index is -0.938. The summed E-state index contributed by atoms with van der Waals surface area (Å²) in [5.74, 6) is 0.233. The van der Waals surface area contributed by atoms with Crippen molar-refractivity contribution in [2.24, 2.45) is 0 Å². The highest BCUT2D eigenvalue weighted by molar-refractivity contribution is 6.07. The predicted molar refractivity (Wildman–Crippen MR) is 76.5 cm³/mol. The van der Waals surface area contributed by atoms with E-state index in [2.05, 4.69) is 15.6 Å². The molecule has 1 spiro atoms. The number of nitro groups is 1. The van der Waals surface area contributed by atoms with Gasteiger partial charge in [-0.15, -0.1) is 0 Å². The van der Waals surface area contributed by atoms with Gasteiger partial charge in [-0.25, -0.2) is 9.78 Å². The van der Waals surface area contributed by atoms with E-state index >= 15 is 0 Å². The van der Waals surface area contributed by atoms with Gasteiger partial charge >= 0.3 is 6.03 Å². The number of anilines is 1. The summed E-state index contributed by atoms with van der Waals surface area (Å²) in [6.07, 6.45) is 1.28. The Kier molecular flexibility index (Phi) is 3.19. The number of aryl methyl sites for hydroxylation is 1. The van der Waals surface area contributed by atoms with E-state index in [1.165, 1.54) is 6.07 Å². The lowest BCUT2D eigenvalue weighted by molar-refractivity contribution is -0.385. The Morgan fingerprint density at radius 2 is 2.18 bits per heavy atom. The van der Waals surface area contributed by atoms with Crippen molar-refractivity contribution in [3.8, 4) is 0 Å². The molecule has 9 heteroatoms. The Morgan fingerprint density at radius 1 is 1.41 bits per heavy atom. The number of carbonyl (C=O) groups excluding carboxylic acids is 2. The maximum atomic E-state index is 12.0. The van der Waals surface area contributed by atoms with Crippen LogP contribution in [0.2, 0.25) is 0 Å². The molecule has 0 saturated carbocycles. The smallest absolute Gasteiger partial charge is 0.322 e. The molecule has 22 heavy (non-hydrogen) atoms. The lowest BCUT2D eigenvalue weighted by Crippen LogP contribution is -2.58. The van der Waals surface area contributed by atoms with Gasteiger partial charge in [0.1, 0.15) is 17.1 Å². The molecule has 116 valence electrons. The molecule has 0 aromatic carbocycles. The van der Waals surface area contributed by atoms with Crippen molar-refractivity contribution in [2.45, 2.75) is 25.3 Å². The molecule has 2 fully saturated rings. The summed E-state index contributed by atoms with van der Waals surface area (Å²) in [5.41, 5.74) is -0.656. The average molecular weight is 305 g/mol. The van der Waals surface area contributed by atoms with Gasteiger partial charge in [0.15, 0.2) is 0 Å². The summed E-state index contributed by atoms with van der Waals surface area (Å²) in [5, 5.41) is 15.8. The van der Waals surface area contributed by atoms with Crippen LogP contribution in [0.5, 0.6) is 0 Å². The Balaban J connectivity index is 1.86. The Labute approximate surface area is 125 Å². The molecule has 1 atom stereocenters. The monoisotopic (exact) mass is 305 g/mol. The fraction of sp³-hybridized carbons (Fsp3) is 0.462. The second-order valence-electron chi connectivity index (χ2n) is 5.55. The van der Waals surface area contributed by atoms with Crippen molar-refractivity contribution in [3.05, 3.63) is 27.9 Å². The van der Waals surface area contributed by atoms with Crippen molar-refractivity contribution in [3.63, 3.8) is 0 Å². The summed E-state index contributed by atoms with van der Waals surface area (Å²) >= 11 is 0. The topological polar surface area (TPSA) is 117 Å². The van der Waals surface area contributed by atoms with E-state index in [-0.39, 0.29) is 11.6 Å². The van der Waals surface area contributed by atoms with E-state index < -0.39 is 16.5 Å². The quantitative estimate of drug-likeness (QED) is 0.466. The fourth-order valence-electron chi connectivity index (χ4n) is 2.98. The predicted octanol–water partition coefficient (Wildman–Crippen LogP) is 0.477. The minimum Gasteiger partial charge on any atom is -0.354 e. The highest BCUT2D eigenvalue weighted by Crippen LogP contribution is 2.28. The highest BCUT2D eigenvalue weighted by atomic mass is 16.6. The zero-order chi connectivity index (χ0) is 15.9. The molecular formula is C13H15N5O4. The zero-order valence-electron chi connectivity index (χ0n) is 12.0. The number of nitrogens with zero attached hydrogens (tertiary/aromatic N) is 3. The summed E-state index contributed by atoms with van der Waals surface area (Å²) in [6, 6.07) is 2.49. The Bertz CT molecular complexity index is 676. The molecule has 0 aliphatic carbocycles. The molecule has 9 nitrogen and oxygen atoms in total. The molecule has 3 amide bonds. The molecule has 3 heterocycles. The first-order valence-corrected chi connectivity index (χ1v) is 6.92. The van der Waals surface area contributed by atoms with Crippen LogP contribution in [0.15, 0.2) is 12.1 Å². The molecule has 2 saturated heterocycles. The van der Waals surface area contributed by atoms with Gasteiger partial charge in [0.25, 0.3) is 11.6 Å². The summed E-state index contributed by atoms with van der Waals surface area (Å²) in [4.78, 5) is 39.9. The number of pyridine rings is 1. The van der Waals surface area contributed by atoms with Gasteiger partial charge in [-0.3, -0.25) is 20.2 Å². The van der Waals surface area contributed by atoms with Crippen LogP contribution in [0.4, 0.5) is 16.3 Å². The number of hydrogen-bond acceptors (Lipinski definition) is 6. The van der Waals surface area contributed by atoms with E-state index in [4.69, 9.17) is 0 Å². The molecule has 1 aromatic heterocycles. The third-order valence-electron chi connectivity index (χ3n) is 4.07. The second kappa shape index (κ2) is 4.93. The molecule has 2 N–H and O–H groups in total. The number of carbonyl (C=O) groups is 2. The summed E-state index contributed by atoms with van der Waals surface area (Å²) < 4.78 is 0. The van der Waals surface area contributed by atoms with Crippen molar-refractivity contribution in [1.82, 2.24) is 15.6 Å². The zero-order valence-corrected chi connectivity index (χ0v) is 12.0. The SMILES string of the molecule is Cc1nc(N2CCCC3(C2)NC(=O)NC3=O)ccc1[N+](=O)[O-]. The lowest BCUT2D eigenvalue weighted by Gasteiger charge is -2.38. The maximum absolute atomic E-state index is 12.0. The molecule has 3 rings (SSSR count). The van der Waals surface area contributed by atoms with Crippen LogP contribution >= 0.6 is 0 Å². The van der Waals surface area contributed by atoms with Crippen LogP contribution in [-0.2, 0) is 4.79 Å². The van der Waals surface area contributed by atoms with Gasteiger partial charge < -0.3 is 10.2 Å². The third-order valence-corrected chi connectivity index (χ3v) is 4.07. The van der Waals surface area contributed by atoms with Gasteiger partial charge in [-0.05, 0) is 25.8 Å². The van der Waals surface area contributed by atoms with Crippen LogP contribution < -0.4 is 15.5 Å². The maximum Gasteiger partial charge on any atom is 0.322 e. The summed E-state index contributed by atoms with van der Waals surface area (Å²) in [6.45, 7) is 2.55. The van der Waals surface area contributed by atoms with E-state index in [1.54, 1.807) is 13.0 Å². The van der Waals surface area contributed by atoms with Gasteiger partial charge in [0, 0.05) is 12.6 Å². The highest BCUT2D eigenvalue weighted by Gasteiger charge is 2.48. The number of piperidine rings is 1. The number of amides is 3. The summed E-state index contributed by atoms with van der Waals surface area (Å²) in [7, 11) is 0. The van der Waals surface area contributed by atoms with Gasteiger partial charge in [0.2, 0.25) is 0 Å². The second-order valence-corrected chi connectivity index (χ2v) is 5.55. The lowest BCUT2D eigenvalue weighted by atomic mass is 9.89. The number of imide groups is 1. The number of urea groups is 1. The van der Waals surface area contributed by atoms with Crippen LogP contribution in [0.25, 0.3) is 0 Å². The van der Waals surface area contributed by atoms with Crippen LogP contribution in [-0.4, -0.2) is 40.5 Å². The fourth-order valence-corrected chi connectivity index (χ4v) is 2.98. The van der Waals surface area contributed by atoms with Gasteiger partial charge in [-0.2, -0.15) is 0 Å². The molecule has 2 aliphatic rings. The van der Waals surface area contributed by atoms with Gasteiger partial charge in [0.05, 0.1) is 11.5 Å². The first-order chi connectivity index (χ1) is 10.4. The van der Waals surface area contributed by atoms with E-state index in [0.29, 0.717) is 37.4 Å². The van der Waals surface area contributed by atoms with Crippen LogP contribution in [0.3, 0.4) is 0 Å². The average Bonchev–Trinajstić information content (AvgIpc) is 2.72. The van der Waals surface area contributed by atoms with Crippen molar-refractivity contribution >= 4 is 23.4 Å². The Hall–Kier alpha value is -2.71. The van der Waals surface area contributed by atoms with E-state index in [1.807, 2.05) is 4.90 Å². The van der Waals surface area contributed by atoms with Gasteiger partial charge in [-0.1, -0.05) is 0 Å². The van der Waals surface area contributed by atoms with E-state index in [0.717, 1.165) is 0 Å². The molecule has 0 radical (unpaired) electrons. The number of rotatable bonds is 2. The standard InChI is InChI=1S/C13H15N5O4/c1-8-9(18(21)22)3-4-10(14-8)17-6-2-5-13(7-17)11(19)15-12(20)16-13/h3-4H,2,5-7H2,1H3,(H2,15,16,19,20). The number of nitrogens with one attached hydrogen (secondary N) is 2. The normalized spacial score (nSPS) is 24.3. The van der Waals surface area contributed by atoms with Crippen molar-refractivity contribution < 1.29 is 14.5 Å². The third kappa shape index (κ3) is 2.24. The van der Waals surface area contributed by atoms with Crippen molar-refractivity contribution in [1.29, 1.82) is 0 Å². The van der Waals surface area contributed by atoms with Crippen LogP contribution in [0, 0.1) is 17.0 Å². The minimum absolute atomic E-state index is 0.0395. The first kappa shape index (κ1) is 14.2. The first-order valence-electron chi connectivity index (χ1n) is 6.92. The molecular weight excluding hydrogens is 290 g/mol. The van der Waals surface area contributed by atoms with Crippen molar-refractivity contribution in [2.75, 3.05) is 18.0 Å². The number of hydrogen-bond donors (Lipinski definition) is 2.